The average molecular weight is 306 g/mol. The van der Waals surface area contributed by atoms with Gasteiger partial charge in [-0.05, 0) is 25.8 Å². The fourth-order valence-electron chi connectivity index (χ4n) is 3.06. The van der Waals surface area contributed by atoms with Gasteiger partial charge < -0.3 is 10.0 Å². The zero-order valence-electron chi connectivity index (χ0n) is 12.8. The molecule has 1 aromatic carbocycles. The number of benzene rings is 1. The molecule has 0 atom stereocenters. The van der Waals surface area contributed by atoms with Gasteiger partial charge in [-0.25, -0.2) is 0 Å². The number of hydrogen-bond acceptors (Lipinski definition) is 4. The van der Waals surface area contributed by atoms with E-state index in [1.807, 2.05) is 0 Å². The molecule has 0 unspecified atom stereocenters. The molecule has 6 nitrogen and oxygen atoms in total. The van der Waals surface area contributed by atoms with Crippen LogP contribution in [-0.4, -0.2) is 40.0 Å². The molecule has 0 radical (unpaired) electrons. The highest BCUT2D eigenvalue weighted by molar-refractivity contribution is 5.95. The maximum absolute atomic E-state index is 12.7. The van der Waals surface area contributed by atoms with E-state index in [0.29, 0.717) is 11.1 Å². The van der Waals surface area contributed by atoms with E-state index in [-0.39, 0.29) is 30.8 Å². The summed E-state index contributed by atoms with van der Waals surface area (Å²) in [6, 6.07) is 4.68. The van der Waals surface area contributed by atoms with Crippen molar-refractivity contribution >= 4 is 11.6 Å². The number of aliphatic hydroxyl groups is 1. The molecule has 0 aliphatic heterocycles. The lowest BCUT2D eigenvalue weighted by Gasteiger charge is -2.34. The summed E-state index contributed by atoms with van der Waals surface area (Å²) in [4.78, 5) is 25.0. The van der Waals surface area contributed by atoms with E-state index in [2.05, 4.69) is 0 Å². The second-order valence-corrected chi connectivity index (χ2v) is 5.77. The third kappa shape index (κ3) is 3.62. The van der Waals surface area contributed by atoms with E-state index in [9.17, 15) is 20.0 Å². The van der Waals surface area contributed by atoms with Gasteiger partial charge in [0.05, 0.1) is 11.5 Å². The van der Waals surface area contributed by atoms with Crippen LogP contribution in [0, 0.1) is 17.0 Å². The van der Waals surface area contributed by atoms with E-state index in [1.54, 1.807) is 24.0 Å². The standard InChI is InChI=1S/C16H22N2O4/c1-12-7-8-13(11-15(12)18(21)22)16(20)17(9-10-19)14-5-3-2-4-6-14/h7-8,11,14,19H,2-6,9-10H2,1H3. The Labute approximate surface area is 129 Å². The zero-order valence-corrected chi connectivity index (χ0v) is 12.8. The molecular formula is C16H22N2O4. The van der Waals surface area contributed by atoms with Crippen molar-refractivity contribution in [3.8, 4) is 0 Å². The van der Waals surface area contributed by atoms with Crippen LogP contribution >= 0.6 is 0 Å². The minimum Gasteiger partial charge on any atom is -0.395 e. The molecule has 1 aliphatic rings. The number of aliphatic hydroxyl groups excluding tert-OH is 1. The largest absolute Gasteiger partial charge is 0.395 e. The zero-order chi connectivity index (χ0) is 16.1. The van der Waals surface area contributed by atoms with E-state index in [4.69, 9.17) is 0 Å². The van der Waals surface area contributed by atoms with Gasteiger partial charge in [0, 0.05) is 29.8 Å². The molecule has 0 saturated heterocycles. The lowest BCUT2D eigenvalue weighted by atomic mass is 9.93. The number of amides is 1. The van der Waals surface area contributed by atoms with Gasteiger partial charge in [0.1, 0.15) is 0 Å². The summed E-state index contributed by atoms with van der Waals surface area (Å²) in [6.45, 7) is 1.82. The van der Waals surface area contributed by atoms with E-state index < -0.39 is 4.92 Å². The molecule has 1 aliphatic carbocycles. The fraction of sp³-hybridized carbons (Fsp3) is 0.562. The molecule has 1 aromatic rings. The Morgan fingerprint density at radius 2 is 2.05 bits per heavy atom. The van der Waals surface area contributed by atoms with Crippen LogP contribution < -0.4 is 0 Å². The first-order chi connectivity index (χ1) is 10.5. The lowest BCUT2D eigenvalue weighted by molar-refractivity contribution is -0.385. The average Bonchev–Trinajstić information content (AvgIpc) is 2.53. The number of nitro benzene ring substituents is 1. The van der Waals surface area contributed by atoms with Crippen LogP contribution in [0.4, 0.5) is 5.69 Å². The van der Waals surface area contributed by atoms with Gasteiger partial charge in [-0.15, -0.1) is 0 Å². The summed E-state index contributed by atoms with van der Waals surface area (Å²) >= 11 is 0. The molecule has 22 heavy (non-hydrogen) atoms. The van der Waals surface area contributed by atoms with Crippen molar-refractivity contribution in [2.45, 2.75) is 45.1 Å². The van der Waals surface area contributed by atoms with Gasteiger partial charge in [-0.1, -0.05) is 25.3 Å². The smallest absolute Gasteiger partial charge is 0.273 e. The Kier molecular flexibility index (Phi) is 5.49. The number of carbonyl (C=O) groups excluding carboxylic acids is 1. The topological polar surface area (TPSA) is 83.7 Å². The molecule has 1 saturated carbocycles. The van der Waals surface area contributed by atoms with Gasteiger partial charge in [-0.2, -0.15) is 0 Å². The maximum Gasteiger partial charge on any atom is 0.273 e. The van der Waals surface area contributed by atoms with Crippen molar-refractivity contribution in [2.24, 2.45) is 0 Å². The Bertz CT molecular complexity index is 553. The second-order valence-electron chi connectivity index (χ2n) is 5.77. The van der Waals surface area contributed by atoms with Crippen molar-refractivity contribution in [3.05, 3.63) is 39.4 Å². The first kappa shape index (κ1) is 16.4. The Balaban J connectivity index is 2.26. The third-order valence-corrected chi connectivity index (χ3v) is 4.27. The molecule has 120 valence electrons. The monoisotopic (exact) mass is 306 g/mol. The second kappa shape index (κ2) is 7.35. The molecule has 0 heterocycles. The molecule has 0 bridgehead atoms. The van der Waals surface area contributed by atoms with Crippen LogP contribution in [0.15, 0.2) is 18.2 Å². The molecule has 6 heteroatoms. The van der Waals surface area contributed by atoms with E-state index in [1.165, 1.54) is 12.5 Å². The first-order valence-electron chi connectivity index (χ1n) is 7.71. The van der Waals surface area contributed by atoms with E-state index >= 15 is 0 Å². The summed E-state index contributed by atoms with van der Waals surface area (Å²) in [5.74, 6) is -0.232. The van der Waals surface area contributed by atoms with Crippen LogP contribution in [-0.2, 0) is 0 Å². The van der Waals surface area contributed by atoms with Gasteiger partial charge in [0.2, 0.25) is 0 Å². The van der Waals surface area contributed by atoms with Crippen LogP contribution in [0.25, 0.3) is 0 Å². The van der Waals surface area contributed by atoms with Crippen LogP contribution in [0.5, 0.6) is 0 Å². The van der Waals surface area contributed by atoms with Crippen molar-refractivity contribution in [1.82, 2.24) is 4.90 Å². The van der Waals surface area contributed by atoms with Gasteiger partial charge in [-0.3, -0.25) is 14.9 Å². The predicted molar refractivity (Wildman–Crippen MR) is 82.8 cm³/mol. The minimum atomic E-state index is -0.469. The molecule has 1 N–H and O–H groups in total. The Morgan fingerprint density at radius 1 is 1.36 bits per heavy atom. The van der Waals surface area contributed by atoms with Crippen LogP contribution in [0.2, 0.25) is 0 Å². The molecule has 1 amide bonds. The number of carbonyl (C=O) groups is 1. The third-order valence-electron chi connectivity index (χ3n) is 4.27. The van der Waals surface area contributed by atoms with E-state index in [0.717, 1.165) is 25.7 Å². The SMILES string of the molecule is Cc1ccc(C(=O)N(CCO)C2CCCCC2)cc1[N+](=O)[O-]. The lowest BCUT2D eigenvalue weighted by Crippen LogP contribution is -2.43. The molecule has 2 rings (SSSR count). The minimum absolute atomic E-state index is 0.0431. The number of rotatable bonds is 5. The number of hydrogen-bond donors (Lipinski definition) is 1. The van der Waals surface area contributed by atoms with Gasteiger partial charge in [0.25, 0.3) is 11.6 Å². The summed E-state index contributed by atoms with van der Waals surface area (Å²) < 4.78 is 0. The predicted octanol–water partition coefficient (Wildman–Crippen LogP) is 2.67. The summed E-state index contributed by atoms with van der Waals surface area (Å²) in [6.07, 6.45) is 5.19. The summed E-state index contributed by atoms with van der Waals surface area (Å²) in [5, 5.41) is 20.3. The Hall–Kier alpha value is -1.95. The highest BCUT2D eigenvalue weighted by Crippen LogP contribution is 2.25. The van der Waals surface area contributed by atoms with Crippen molar-refractivity contribution in [2.75, 3.05) is 13.2 Å². The number of nitro groups is 1. The van der Waals surface area contributed by atoms with Crippen LogP contribution in [0.1, 0.15) is 48.0 Å². The van der Waals surface area contributed by atoms with Crippen molar-refractivity contribution < 1.29 is 14.8 Å². The highest BCUT2D eigenvalue weighted by atomic mass is 16.6. The summed E-state index contributed by atoms with van der Waals surface area (Å²) in [7, 11) is 0. The van der Waals surface area contributed by atoms with Crippen molar-refractivity contribution in [1.29, 1.82) is 0 Å². The first-order valence-corrected chi connectivity index (χ1v) is 7.71. The van der Waals surface area contributed by atoms with Gasteiger partial charge in [0.15, 0.2) is 0 Å². The maximum atomic E-state index is 12.7. The molecule has 0 aromatic heterocycles. The quantitative estimate of drug-likeness (QED) is 0.669. The summed E-state index contributed by atoms with van der Waals surface area (Å²) in [5.41, 5.74) is 0.808. The number of aryl methyl sites for hydroxylation is 1. The fourth-order valence-corrected chi connectivity index (χ4v) is 3.06. The molecular weight excluding hydrogens is 284 g/mol. The van der Waals surface area contributed by atoms with Gasteiger partial charge >= 0.3 is 0 Å². The van der Waals surface area contributed by atoms with Crippen LogP contribution in [0.3, 0.4) is 0 Å². The number of nitrogens with zero attached hydrogens (tertiary/aromatic N) is 2. The molecule has 1 fully saturated rings. The van der Waals surface area contributed by atoms with Crippen molar-refractivity contribution in [3.63, 3.8) is 0 Å². The molecule has 0 spiro atoms. The highest BCUT2D eigenvalue weighted by Gasteiger charge is 2.27. The Morgan fingerprint density at radius 3 is 2.64 bits per heavy atom. The normalized spacial score (nSPS) is 15.5.